The number of carbonyl (C=O) groups excluding carboxylic acids is 2. The number of aromatic nitrogens is 2. The van der Waals surface area contributed by atoms with Gasteiger partial charge in [-0.05, 0) is 65.8 Å². The van der Waals surface area contributed by atoms with E-state index in [0.717, 1.165) is 6.07 Å². The van der Waals surface area contributed by atoms with Gasteiger partial charge in [0.1, 0.15) is 28.6 Å². The predicted molar refractivity (Wildman–Crippen MR) is 147 cm³/mol. The number of nitrogens with zero attached hydrogens (tertiary/aromatic N) is 3. The molecule has 1 aliphatic rings. The van der Waals surface area contributed by atoms with Crippen LogP contribution in [0.1, 0.15) is 69.9 Å². The quantitative estimate of drug-likeness (QED) is 0.388. The van der Waals surface area contributed by atoms with E-state index in [2.05, 4.69) is 9.97 Å². The van der Waals surface area contributed by atoms with E-state index in [1.165, 1.54) is 24.1 Å². The Hall–Kier alpha value is -3.71. The second kappa shape index (κ2) is 11.2. The number of amides is 1. The number of rotatable bonds is 6. The molecule has 0 radical (unpaired) electrons. The van der Waals surface area contributed by atoms with Crippen molar-refractivity contribution in [1.82, 2.24) is 14.9 Å². The minimum absolute atomic E-state index is 0.0435. The zero-order chi connectivity index (χ0) is 31.2. The maximum absolute atomic E-state index is 13.9. The maximum Gasteiger partial charge on any atom is 0.433 e. The Morgan fingerprint density at radius 3 is 2.31 bits per heavy atom. The number of ether oxygens (including phenoxy) is 3. The summed E-state index contributed by atoms with van der Waals surface area (Å²) in [7, 11) is 1.32. The van der Waals surface area contributed by atoms with Gasteiger partial charge in [0.05, 0.1) is 25.4 Å². The van der Waals surface area contributed by atoms with E-state index in [1.54, 1.807) is 26.8 Å². The van der Waals surface area contributed by atoms with Gasteiger partial charge in [0.25, 0.3) is 5.91 Å². The number of oxazole rings is 1. The van der Waals surface area contributed by atoms with Crippen LogP contribution in [-0.2, 0) is 27.0 Å². The van der Waals surface area contributed by atoms with E-state index in [9.17, 15) is 22.8 Å². The van der Waals surface area contributed by atoms with E-state index < -0.39 is 47.1 Å². The molecule has 3 aromatic rings. The molecule has 2 N–H and O–H groups in total. The lowest BCUT2D eigenvalue weighted by Crippen LogP contribution is -2.44. The minimum atomic E-state index is -4.67. The minimum Gasteiger partial charge on any atom is -0.494 e. The summed E-state index contributed by atoms with van der Waals surface area (Å²) in [6.07, 6.45) is -4.89. The van der Waals surface area contributed by atoms with Crippen LogP contribution in [0.25, 0.3) is 22.4 Å². The zero-order valence-electron chi connectivity index (χ0n) is 24.6. The Labute approximate surface area is 241 Å². The fourth-order valence-corrected chi connectivity index (χ4v) is 4.81. The van der Waals surface area contributed by atoms with Crippen molar-refractivity contribution >= 4 is 22.8 Å². The standard InChI is InChI=1S/C29H35F3N4O6/c1-27(2,3)41-15-12-18(26(38)42-28(4,5)6)36(14-15)25(37)23-20(13-33)40-24(35-23)17-8-10-19(39-7)22-16(17)9-11-21(34-22)29(30,31)32/h8-11,15,18H,12-14,33H2,1-7H3/t15-,18+/m1/s1. The molecule has 0 aliphatic carbocycles. The Kier molecular flexibility index (Phi) is 8.31. The summed E-state index contributed by atoms with van der Waals surface area (Å²) < 4.78 is 62.9. The second-order valence-corrected chi connectivity index (χ2v) is 12.0. The highest BCUT2D eigenvalue weighted by Crippen LogP contribution is 2.37. The Morgan fingerprint density at radius 1 is 1.05 bits per heavy atom. The molecule has 1 fully saturated rings. The lowest BCUT2D eigenvalue weighted by atomic mass is 10.1. The Bertz CT molecular complexity index is 1490. The van der Waals surface area contributed by atoms with Crippen LogP contribution in [0.4, 0.5) is 13.2 Å². The summed E-state index contributed by atoms with van der Waals surface area (Å²) >= 11 is 0. The Balaban J connectivity index is 1.76. The summed E-state index contributed by atoms with van der Waals surface area (Å²) in [6, 6.07) is 4.12. The van der Waals surface area contributed by atoms with Gasteiger partial charge in [-0.2, -0.15) is 13.2 Å². The highest BCUT2D eigenvalue weighted by Gasteiger charge is 2.45. The number of likely N-dealkylation sites (tertiary alicyclic amines) is 1. The van der Waals surface area contributed by atoms with Gasteiger partial charge in [0, 0.05) is 23.9 Å². The van der Waals surface area contributed by atoms with Crippen molar-refractivity contribution < 1.29 is 41.4 Å². The first-order valence-corrected chi connectivity index (χ1v) is 13.4. The molecule has 13 heteroatoms. The van der Waals surface area contributed by atoms with Gasteiger partial charge in [-0.3, -0.25) is 4.79 Å². The molecule has 0 unspecified atom stereocenters. The number of carbonyl (C=O) groups is 2. The van der Waals surface area contributed by atoms with Crippen molar-refractivity contribution in [2.45, 2.75) is 84.0 Å². The third-order valence-electron chi connectivity index (χ3n) is 6.37. The molecule has 2 aromatic heterocycles. The predicted octanol–water partition coefficient (Wildman–Crippen LogP) is 5.12. The van der Waals surface area contributed by atoms with E-state index >= 15 is 0 Å². The molecule has 0 bridgehead atoms. The molecular weight excluding hydrogens is 557 g/mol. The summed E-state index contributed by atoms with van der Waals surface area (Å²) in [6.45, 7) is 10.7. The number of methoxy groups -OCH3 is 1. The third kappa shape index (κ3) is 6.67. The summed E-state index contributed by atoms with van der Waals surface area (Å²) in [5.41, 5.74) is 3.61. The number of alkyl halides is 3. The van der Waals surface area contributed by atoms with Gasteiger partial charge in [0.15, 0.2) is 11.5 Å². The van der Waals surface area contributed by atoms with Crippen LogP contribution < -0.4 is 10.5 Å². The molecule has 0 saturated carbocycles. The summed E-state index contributed by atoms with van der Waals surface area (Å²) in [4.78, 5) is 36.6. The first kappa shape index (κ1) is 31.2. The number of benzene rings is 1. The molecule has 2 atom stereocenters. The number of pyridine rings is 1. The van der Waals surface area contributed by atoms with Crippen LogP contribution in [0.15, 0.2) is 28.7 Å². The van der Waals surface area contributed by atoms with Gasteiger partial charge in [-0.15, -0.1) is 0 Å². The van der Waals surface area contributed by atoms with Crippen molar-refractivity contribution in [3.63, 3.8) is 0 Å². The van der Waals surface area contributed by atoms with Crippen molar-refractivity contribution in [3.8, 4) is 17.2 Å². The van der Waals surface area contributed by atoms with Crippen LogP contribution in [0, 0.1) is 0 Å². The normalized spacial score (nSPS) is 18.0. The van der Waals surface area contributed by atoms with Gasteiger partial charge in [-0.1, -0.05) is 0 Å². The fourth-order valence-electron chi connectivity index (χ4n) is 4.81. The second-order valence-electron chi connectivity index (χ2n) is 12.0. The molecule has 3 heterocycles. The van der Waals surface area contributed by atoms with E-state index in [-0.39, 0.29) is 59.1 Å². The van der Waals surface area contributed by atoms with Gasteiger partial charge in [0.2, 0.25) is 5.89 Å². The topological polar surface area (TPSA) is 130 Å². The number of halogens is 3. The van der Waals surface area contributed by atoms with Crippen LogP contribution >= 0.6 is 0 Å². The molecular formula is C29H35F3N4O6. The van der Waals surface area contributed by atoms with Crippen molar-refractivity contribution in [2.24, 2.45) is 5.73 Å². The Morgan fingerprint density at radius 2 is 1.74 bits per heavy atom. The van der Waals surface area contributed by atoms with Crippen LogP contribution in [-0.4, -0.2) is 63.7 Å². The largest absolute Gasteiger partial charge is 0.494 e. The molecule has 228 valence electrons. The fraction of sp³-hybridized carbons (Fsp3) is 0.517. The van der Waals surface area contributed by atoms with E-state index in [4.69, 9.17) is 24.4 Å². The van der Waals surface area contributed by atoms with Crippen LogP contribution in [0.5, 0.6) is 5.75 Å². The molecule has 4 rings (SSSR count). The smallest absolute Gasteiger partial charge is 0.433 e. The van der Waals surface area contributed by atoms with Crippen LogP contribution in [0.3, 0.4) is 0 Å². The van der Waals surface area contributed by atoms with Crippen molar-refractivity contribution in [1.29, 1.82) is 0 Å². The van der Waals surface area contributed by atoms with Crippen LogP contribution in [0.2, 0.25) is 0 Å². The highest BCUT2D eigenvalue weighted by molar-refractivity contribution is 5.99. The van der Waals surface area contributed by atoms with Crippen molar-refractivity contribution in [3.05, 3.63) is 41.4 Å². The molecule has 1 amide bonds. The third-order valence-corrected chi connectivity index (χ3v) is 6.37. The number of fused-ring (bicyclic) bond motifs is 1. The molecule has 0 spiro atoms. The highest BCUT2D eigenvalue weighted by atomic mass is 19.4. The number of hydrogen-bond donors (Lipinski definition) is 1. The molecule has 10 nitrogen and oxygen atoms in total. The molecule has 1 aliphatic heterocycles. The lowest BCUT2D eigenvalue weighted by molar-refractivity contribution is -0.159. The zero-order valence-corrected chi connectivity index (χ0v) is 24.6. The van der Waals surface area contributed by atoms with Gasteiger partial charge < -0.3 is 29.3 Å². The van der Waals surface area contributed by atoms with Gasteiger partial charge >= 0.3 is 12.1 Å². The molecule has 1 saturated heterocycles. The van der Waals surface area contributed by atoms with Crippen molar-refractivity contribution in [2.75, 3.05) is 13.7 Å². The summed E-state index contributed by atoms with van der Waals surface area (Å²) in [5.74, 6) is -1.09. The lowest BCUT2D eigenvalue weighted by Gasteiger charge is -2.26. The monoisotopic (exact) mass is 592 g/mol. The summed E-state index contributed by atoms with van der Waals surface area (Å²) in [5, 5.41) is 0.262. The molecule has 1 aromatic carbocycles. The van der Waals surface area contributed by atoms with Gasteiger partial charge in [-0.25, -0.2) is 14.8 Å². The van der Waals surface area contributed by atoms with E-state index in [1.807, 2.05) is 20.8 Å². The average molecular weight is 593 g/mol. The van der Waals surface area contributed by atoms with E-state index in [0.29, 0.717) is 0 Å². The molecule has 42 heavy (non-hydrogen) atoms. The first-order chi connectivity index (χ1) is 19.4. The average Bonchev–Trinajstić information content (AvgIpc) is 3.49. The maximum atomic E-state index is 13.9. The number of esters is 1. The number of hydrogen-bond acceptors (Lipinski definition) is 9. The number of nitrogens with two attached hydrogens (primary N) is 1. The first-order valence-electron chi connectivity index (χ1n) is 13.4. The SMILES string of the molecule is COc1ccc(-c2nc(C(=O)N3C[C@H](OC(C)(C)C)C[C@H]3C(=O)OC(C)(C)C)c(CN)o2)c2ccc(C(F)(F)F)nc12.